The highest BCUT2D eigenvalue weighted by Crippen LogP contribution is 2.24. The van der Waals surface area contributed by atoms with Crippen molar-refractivity contribution >= 4 is 44.8 Å². The van der Waals surface area contributed by atoms with Crippen LogP contribution in [-0.2, 0) is 6.54 Å². The summed E-state index contributed by atoms with van der Waals surface area (Å²) < 4.78 is 14.4. The molecule has 0 unspecified atom stereocenters. The second-order valence-corrected chi connectivity index (χ2v) is 5.47. The highest BCUT2D eigenvalue weighted by atomic mass is 79.9. The lowest BCUT2D eigenvalue weighted by molar-refractivity contribution is 0.630. The van der Waals surface area contributed by atoms with Crippen LogP contribution >= 0.6 is 39.1 Å². The Morgan fingerprint density at radius 2 is 1.89 bits per heavy atom. The summed E-state index contributed by atoms with van der Waals surface area (Å²) in [6.07, 6.45) is 0. The van der Waals surface area contributed by atoms with Crippen LogP contribution in [0.1, 0.15) is 5.56 Å². The van der Waals surface area contributed by atoms with E-state index in [0.29, 0.717) is 22.3 Å². The summed E-state index contributed by atoms with van der Waals surface area (Å²) in [5.74, 6) is -0.340. The largest absolute Gasteiger partial charge is 0.379 e. The van der Waals surface area contributed by atoms with E-state index in [0.717, 1.165) is 10.0 Å². The van der Waals surface area contributed by atoms with Crippen LogP contribution in [0.5, 0.6) is 0 Å². The second kappa shape index (κ2) is 5.91. The summed E-state index contributed by atoms with van der Waals surface area (Å²) >= 11 is 15.2. The molecule has 2 aromatic carbocycles. The monoisotopic (exact) mass is 347 g/mol. The quantitative estimate of drug-likeness (QED) is 0.771. The number of nitrogens with one attached hydrogen (secondary N) is 1. The molecular weight excluding hydrogens is 340 g/mol. The van der Waals surface area contributed by atoms with Crippen LogP contribution in [0.25, 0.3) is 0 Å². The lowest BCUT2D eigenvalue weighted by Crippen LogP contribution is -2.02. The van der Waals surface area contributed by atoms with Gasteiger partial charge in [0.25, 0.3) is 0 Å². The fraction of sp³-hybridized carbons (Fsp3) is 0.0769. The van der Waals surface area contributed by atoms with Crippen LogP contribution in [0.4, 0.5) is 10.1 Å². The number of hydrogen-bond donors (Lipinski definition) is 1. The average molecular weight is 349 g/mol. The van der Waals surface area contributed by atoms with Crippen molar-refractivity contribution < 1.29 is 4.39 Å². The maximum atomic E-state index is 13.5. The minimum absolute atomic E-state index is 0.340. The summed E-state index contributed by atoms with van der Waals surface area (Å²) in [5.41, 5.74) is 1.25. The molecular formula is C13H9BrCl2FN. The van der Waals surface area contributed by atoms with E-state index >= 15 is 0 Å². The van der Waals surface area contributed by atoms with Gasteiger partial charge in [-0.15, -0.1) is 0 Å². The topological polar surface area (TPSA) is 12.0 Å². The predicted octanol–water partition coefficient (Wildman–Crippen LogP) is 5.51. The molecule has 2 rings (SSSR count). The molecule has 0 heterocycles. The lowest BCUT2D eigenvalue weighted by Gasteiger charge is -2.09. The number of halogens is 4. The molecule has 0 saturated carbocycles. The molecule has 1 nitrogen and oxygen atoms in total. The minimum Gasteiger partial charge on any atom is -0.379 e. The van der Waals surface area contributed by atoms with Gasteiger partial charge in [0, 0.05) is 21.1 Å². The zero-order valence-electron chi connectivity index (χ0n) is 9.18. The summed E-state index contributed by atoms with van der Waals surface area (Å²) in [6, 6.07) is 9.94. The van der Waals surface area contributed by atoms with E-state index in [2.05, 4.69) is 21.2 Å². The van der Waals surface area contributed by atoms with E-state index in [4.69, 9.17) is 23.2 Å². The molecule has 0 radical (unpaired) electrons. The van der Waals surface area contributed by atoms with Gasteiger partial charge in [-0.1, -0.05) is 45.2 Å². The van der Waals surface area contributed by atoms with Gasteiger partial charge < -0.3 is 5.32 Å². The van der Waals surface area contributed by atoms with E-state index in [1.165, 1.54) is 12.1 Å². The van der Waals surface area contributed by atoms with Gasteiger partial charge in [-0.25, -0.2) is 4.39 Å². The maximum Gasteiger partial charge on any atom is 0.146 e. The summed E-state index contributed by atoms with van der Waals surface area (Å²) in [5, 5.41) is 4.08. The molecule has 2 aromatic rings. The average Bonchev–Trinajstić information content (AvgIpc) is 2.32. The molecule has 0 saturated heterocycles. The van der Waals surface area contributed by atoms with Crippen molar-refractivity contribution in [2.75, 3.05) is 5.32 Å². The second-order valence-electron chi connectivity index (χ2n) is 3.71. The van der Waals surface area contributed by atoms with Gasteiger partial charge in [-0.05, 0) is 35.9 Å². The van der Waals surface area contributed by atoms with E-state index in [1.54, 1.807) is 12.1 Å². The van der Waals surface area contributed by atoms with Crippen LogP contribution < -0.4 is 5.32 Å². The van der Waals surface area contributed by atoms with E-state index < -0.39 is 0 Å². The molecule has 0 aliphatic rings. The third kappa shape index (κ3) is 3.37. The van der Waals surface area contributed by atoms with E-state index in [9.17, 15) is 4.39 Å². The van der Waals surface area contributed by atoms with Gasteiger partial charge in [-0.2, -0.15) is 0 Å². The highest BCUT2D eigenvalue weighted by molar-refractivity contribution is 9.10. The Labute approximate surface area is 123 Å². The molecule has 0 spiro atoms. The van der Waals surface area contributed by atoms with Gasteiger partial charge >= 0.3 is 0 Å². The molecule has 0 atom stereocenters. The van der Waals surface area contributed by atoms with Crippen LogP contribution in [0.3, 0.4) is 0 Å². The Balaban J connectivity index is 2.13. The maximum absolute atomic E-state index is 13.5. The van der Waals surface area contributed by atoms with Gasteiger partial charge in [0.2, 0.25) is 0 Å². The van der Waals surface area contributed by atoms with Gasteiger partial charge in [0.05, 0.1) is 5.69 Å². The number of rotatable bonds is 3. The third-order valence-corrected chi connectivity index (χ3v) is 3.49. The molecule has 18 heavy (non-hydrogen) atoms. The molecule has 94 valence electrons. The Bertz CT molecular complexity index is 575. The highest BCUT2D eigenvalue weighted by Gasteiger charge is 2.05. The van der Waals surface area contributed by atoms with Crippen molar-refractivity contribution in [3.05, 3.63) is 62.3 Å². The lowest BCUT2D eigenvalue weighted by atomic mass is 10.2. The molecule has 0 amide bonds. The number of anilines is 1. The Hall–Kier alpha value is -0.770. The zero-order chi connectivity index (χ0) is 13.1. The first kappa shape index (κ1) is 13.7. The number of hydrogen-bond acceptors (Lipinski definition) is 1. The van der Waals surface area contributed by atoms with E-state index in [-0.39, 0.29) is 5.82 Å². The normalized spacial score (nSPS) is 10.4. The molecule has 0 aliphatic heterocycles. The smallest absolute Gasteiger partial charge is 0.146 e. The van der Waals surface area contributed by atoms with Crippen LogP contribution in [-0.4, -0.2) is 0 Å². The minimum atomic E-state index is -0.340. The Morgan fingerprint density at radius 1 is 1.11 bits per heavy atom. The number of benzene rings is 2. The van der Waals surface area contributed by atoms with E-state index in [1.807, 2.05) is 12.1 Å². The van der Waals surface area contributed by atoms with Crippen molar-refractivity contribution in [1.29, 1.82) is 0 Å². The standard InChI is InChI=1S/C13H9BrCl2FN/c14-9-2-1-8(11(16)5-9)7-18-13-6-10(15)3-4-12(13)17/h1-6,18H,7H2. The fourth-order valence-corrected chi connectivity index (χ4v) is 2.40. The molecule has 5 heteroatoms. The summed E-state index contributed by atoms with van der Waals surface area (Å²) in [4.78, 5) is 0. The summed E-state index contributed by atoms with van der Waals surface area (Å²) in [7, 11) is 0. The van der Waals surface area contributed by atoms with Crippen LogP contribution in [0, 0.1) is 5.82 Å². The third-order valence-electron chi connectivity index (χ3n) is 2.41. The van der Waals surface area contributed by atoms with Crippen molar-refractivity contribution in [3.8, 4) is 0 Å². The zero-order valence-corrected chi connectivity index (χ0v) is 12.3. The first-order valence-corrected chi connectivity index (χ1v) is 6.74. The molecule has 1 N–H and O–H groups in total. The Kier molecular flexibility index (Phi) is 4.49. The first-order chi connectivity index (χ1) is 8.56. The van der Waals surface area contributed by atoms with Crippen molar-refractivity contribution in [2.45, 2.75) is 6.54 Å². The first-order valence-electron chi connectivity index (χ1n) is 5.19. The van der Waals surface area contributed by atoms with Crippen molar-refractivity contribution in [2.24, 2.45) is 0 Å². The Morgan fingerprint density at radius 3 is 2.61 bits per heavy atom. The fourth-order valence-electron chi connectivity index (χ4n) is 1.49. The van der Waals surface area contributed by atoms with Gasteiger partial charge in [0.1, 0.15) is 5.82 Å². The van der Waals surface area contributed by atoms with Gasteiger partial charge in [0.15, 0.2) is 0 Å². The van der Waals surface area contributed by atoms with Crippen LogP contribution in [0.2, 0.25) is 10.0 Å². The van der Waals surface area contributed by atoms with Crippen LogP contribution in [0.15, 0.2) is 40.9 Å². The summed E-state index contributed by atoms with van der Waals surface area (Å²) in [6.45, 7) is 0.434. The predicted molar refractivity (Wildman–Crippen MR) is 77.9 cm³/mol. The van der Waals surface area contributed by atoms with Gasteiger partial charge in [-0.3, -0.25) is 0 Å². The molecule has 0 fully saturated rings. The molecule has 0 bridgehead atoms. The molecule has 0 aromatic heterocycles. The van der Waals surface area contributed by atoms with Crippen molar-refractivity contribution in [1.82, 2.24) is 0 Å². The SMILES string of the molecule is Fc1ccc(Cl)cc1NCc1ccc(Br)cc1Cl. The van der Waals surface area contributed by atoms with Crippen molar-refractivity contribution in [3.63, 3.8) is 0 Å². The molecule has 0 aliphatic carbocycles.